The monoisotopic (exact) mass is 282 g/mol. The summed E-state index contributed by atoms with van der Waals surface area (Å²) >= 11 is 3.16. The van der Waals surface area contributed by atoms with E-state index in [-0.39, 0.29) is 5.97 Å². The lowest BCUT2D eigenvalue weighted by molar-refractivity contribution is 0.0520. The van der Waals surface area contributed by atoms with Crippen molar-refractivity contribution in [3.63, 3.8) is 0 Å². The van der Waals surface area contributed by atoms with E-state index in [1.807, 2.05) is 6.07 Å². The minimum absolute atomic E-state index is 0.361. The normalized spacial score (nSPS) is 10.3. The highest BCUT2D eigenvalue weighted by atomic mass is 32.1. The van der Waals surface area contributed by atoms with Crippen LogP contribution in [0.5, 0.6) is 0 Å². The van der Waals surface area contributed by atoms with E-state index in [2.05, 4.69) is 21.7 Å². The first kappa shape index (κ1) is 13.0. The van der Waals surface area contributed by atoms with Gasteiger partial charge in [-0.1, -0.05) is 6.07 Å². The third-order valence-corrected chi connectivity index (χ3v) is 3.95. The lowest BCUT2D eigenvalue weighted by Crippen LogP contribution is -2.07. The Morgan fingerprint density at radius 2 is 2.39 bits per heavy atom. The fraction of sp³-hybridized carbons (Fsp3) is 0.333. The van der Waals surface area contributed by atoms with Crippen LogP contribution in [-0.2, 0) is 11.2 Å². The molecular weight excluding hydrogens is 268 g/mol. The van der Waals surface area contributed by atoms with Gasteiger partial charge in [-0.15, -0.1) is 22.7 Å². The van der Waals surface area contributed by atoms with Crippen LogP contribution in [0.3, 0.4) is 0 Å². The van der Waals surface area contributed by atoms with Crippen LogP contribution in [0.2, 0.25) is 0 Å². The molecule has 0 unspecified atom stereocenters. The summed E-state index contributed by atoms with van der Waals surface area (Å²) in [5, 5.41) is 7.75. The number of aromatic nitrogens is 1. The van der Waals surface area contributed by atoms with Crippen LogP contribution >= 0.6 is 22.7 Å². The van der Waals surface area contributed by atoms with Crippen molar-refractivity contribution in [2.24, 2.45) is 0 Å². The van der Waals surface area contributed by atoms with Gasteiger partial charge in [0.05, 0.1) is 6.61 Å². The lowest BCUT2D eigenvalue weighted by Gasteiger charge is -2.00. The Morgan fingerprint density at radius 1 is 1.50 bits per heavy atom. The molecule has 2 rings (SSSR count). The van der Waals surface area contributed by atoms with Gasteiger partial charge in [-0.3, -0.25) is 0 Å². The number of carbonyl (C=O) groups is 1. The summed E-state index contributed by atoms with van der Waals surface area (Å²) in [7, 11) is 0. The third kappa shape index (κ3) is 3.54. The van der Waals surface area contributed by atoms with Crippen LogP contribution in [0.15, 0.2) is 22.9 Å². The van der Waals surface area contributed by atoms with Gasteiger partial charge in [0.1, 0.15) is 0 Å². The molecule has 1 N–H and O–H groups in total. The summed E-state index contributed by atoms with van der Waals surface area (Å²) in [5.41, 5.74) is 0.375. The number of nitrogens with one attached hydrogen (secondary N) is 1. The first-order valence-electron chi connectivity index (χ1n) is 5.68. The molecule has 0 bridgehead atoms. The molecule has 2 heterocycles. The highest BCUT2D eigenvalue weighted by Gasteiger charge is 2.10. The van der Waals surface area contributed by atoms with E-state index in [4.69, 9.17) is 4.74 Å². The number of ether oxygens (including phenoxy) is 1. The van der Waals surface area contributed by atoms with Crippen molar-refractivity contribution in [3.05, 3.63) is 33.5 Å². The van der Waals surface area contributed by atoms with Crippen LogP contribution < -0.4 is 5.32 Å². The van der Waals surface area contributed by atoms with Gasteiger partial charge in [0.2, 0.25) is 0 Å². The highest BCUT2D eigenvalue weighted by molar-refractivity contribution is 7.13. The number of thiazole rings is 1. The second kappa shape index (κ2) is 6.51. The van der Waals surface area contributed by atoms with E-state index >= 15 is 0 Å². The van der Waals surface area contributed by atoms with Crippen molar-refractivity contribution in [1.82, 2.24) is 4.98 Å². The average Bonchev–Trinajstić information content (AvgIpc) is 3.00. The molecule has 0 aliphatic rings. The van der Waals surface area contributed by atoms with E-state index in [1.165, 1.54) is 16.2 Å². The van der Waals surface area contributed by atoms with Gasteiger partial charge in [0.25, 0.3) is 0 Å². The molecule has 0 atom stereocenters. The molecule has 0 fully saturated rings. The molecule has 18 heavy (non-hydrogen) atoms. The summed E-state index contributed by atoms with van der Waals surface area (Å²) < 4.78 is 4.88. The molecule has 0 spiro atoms. The first-order chi connectivity index (χ1) is 8.79. The van der Waals surface area contributed by atoms with Gasteiger partial charge >= 0.3 is 5.97 Å². The number of esters is 1. The number of hydrogen-bond acceptors (Lipinski definition) is 6. The predicted octanol–water partition coefficient (Wildman–Crippen LogP) is 3.04. The smallest absolute Gasteiger partial charge is 0.357 e. The Morgan fingerprint density at radius 3 is 3.11 bits per heavy atom. The van der Waals surface area contributed by atoms with E-state index < -0.39 is 0 Å². The molecule has 96 valence electrons. The highest BCUT2D eigenvalue weighted by Crippen LogP contribution is 2.16. The fourth-order valence-corrected chi connectivity index (χ4v) is 2.82. The maximum Gasteiger partial charge on any atom is 0.357 e. The second-order valence-electron chi connectivity index (χ2n) is 3.51. The van der Waals surface area contributed by atoms with Gasteiger partial charge in [-0.05, 0) is 24.8 Å². The first-order valence-corrected chi connectivity index (χ1v) is 7.44. The van der Waals surface area contributed by atoms with Gasteiger partial charge in [0, 0.05) is 16.8 Å². The Bertz CT molecular complexity index is 494. The van der Waals surface area contributed by atoms with Crippen molar-refractivity contribution < 1.29 is 9.53 Å². The summed E-state index contributed by atoms with van der Waals surface area (Å²) in [5.74, 6) is -0.361. The number of anilines is 1. The molecule has 2 aromatic rings. The second-order valence-corrected chi connectivity index (χ2v) is 5.40. The third-order valence-electron chi connectivity index (χ3n) is 2.22. The van der Waals surface area contributed by atoms with E-state index in [9.17, 15) is 4.79 Å². The number of carbonyl (C=O) groups excluding carboxylic acids is 1. The minimum Gasteiger partial charge on any atom is -0.461 e. The van der Waals surface area contributed by atoms with Crippen LogP contribution in [0.25, 0.3) is 0 Å². The molecule has 6 heteroatoms. The topological polar surface area (TPSA) is 51.2 Å². The number of thiophene rings is 1. The van der Waals surface area contributed by atoms with Crippen molar-refractivity contribution in [3.8, 4) is 0 Å². The molecular formula is C12H14N2O2S2. The minimum atomic E-state index is -0.361. The lowest BCUT2D eigenvalue weighted by atomic mass is 10.3. The van der Waals surface area contributed by atoms with Gasteiger partial charge < -0.3 is 10.1 Å². The van der Waals surface area contributed by atoms with Crippen LogP contribution in [0.1, 0.15) is 22.3 Å². The van der Waals surface area contributed by atoms with Crippen molar-refractivity contribution in [2.75, 3.05) is 18.5 Å². The SMILES string of the molecule is CCOC(=O)c1csc(NCCc2cccs2)n1. The van der Waals surface area contributed by atoms with Crippen molar-refractivity contribution in [2.45, 2.75) is 13.3 Å². The van der Waals surface area contributed by atoms with E-state index in [1.54, 1.807) is 23.6 Å². The van der Waals surface area contributed by atoms with Gasteiger partial charge in [0.15, 0.2) is 10.8 Å². The zero-order valence-corrected chi connectivity index (χ0v) is 11.6. The Hall–Kier alpha value is -1.40. The average molecular weight is 282 g/mol. The zero-order chi connectivity index (χ0) is 12.8. The van der Waals surface area contributed by atoms with Gasteiger partial charge in [-0.25, -0.2) is 9.78 Å². The maximum atomic E-state index is 11.4. The fourth-order valence-electron chi connectivity index (χ4n) is 1.40. The zero-order valence-electron chi connectivity index (χ0n) is 10.0. The molecule has 0 radical (unpaired) electrons. The van der Waals surface area contributed by atoms with E-state index in [0.717, 1.165) is 18.1 Å². The molecule has 0 aliphatic carbocycles. The molecule has 4 nitrogen and oxygen atoms in total. The molecule has 0 aromatic carbocycles. The maximum absolute atomic E-state index is 11.4. The summed E-state index contributed by atoms with van der Waals surface area (Å²) in [6.07, 6.45) is 0.964. The summed E-state index contributed by atoms with van der Waals surface area (Å²) in [6.45, 7) is 2.97. The van der Waals surface area contributed by atoms with Crippen molar-refractivity contribution in [1.29, 1.82) is 0 Å². The predicted molar refractivity (Wildman–Crippen MR) is 74.6 cm³/mol. The molecule has 0 aliphatic heterocycles. The van der Waals surface area contributed by atoms with E-state index in [0.29, 0.717) is 12.3 Å². The van der Waals surface area contributed by atoms with Crippen LogP contribution in [0, 0.1) is 0 Å². The summed E-state index contributed by atoms with van der Waals surface area (Å²) in [6, 6.07) is 4.15. The number of rotatable bonds is 6. The van der Waals surface area contributed by atoms with Gasteiger partial charge in [-0.2, -0.15) is 0 Å². The van der Waals surface area contributed by atoms with Crippen molar-refractivity contribution >= 4 is 33.8 Å². The number of hydrogen-bond donors (Lipinski definition) is 1. The largest absolute Gasteiger partial charge is 0.461 e. The molecule has 0 saturated heterocycles. The Labute approximate surface area is 114 Å². The van der Waals surface area contributed by atoms with Crippen LogP contribution in [0.4, 0.5) is 5.13 Å². The Kier molecular flexibility index (Phi) is 4.72. The Balaban J connectivity index is 1.81. The number of nitrogens with zero attached hydrogens (tertiary/aromatic N) is 1. The standard InChI is InChI=1S/C12H14N2O2S2/c1-2-16-11(15)10-8-18-12(14-10)13-6-5-9-4-3-7-17-9/h3-4,7-8H,2,5-6H2,1H3,(H,13,14). The molecule has 2 aromatic heterocycles. The quantitative estimate of drug-likeness (QED) is 0.827. The molecule has 0 amide bonds. The summed E-state index contributed by atoms with van der Waals surface area (Å²) in [4.78, 5) is 16.9. The van der Waals surface area contributed by atoms with Crippen LogP contribution in [-0.4, -0.2) is 24.1 Å². The molecule has 0 saturated carbocycles.